The number of hydrogen-bond donors (Lipinski definition) is 0. The number of nitro groups is 2. The van der Waals surface area contributed by atoms with Gasteiger partial charge in [-0.25, -0.2) is 0 Å². The van der Waals surface area contributed by atoms with Crippen LogP contribution in [-0.4, -0.2) is 9.85 Å². The van der Waals surface area contributed by atoms with Gasteiger partial charge in [-0.15, -0.1) is 11.8 Å². The SMILES string of the molecule is C[C@H](Sc1ccc([N+](=O)[O-])cc1)c1cccc([N+](=O)[O-])c1. The van der Waals surface area contributed by atoms with Gasteiger partial charge in [0.2, 0.25) is 0 Å². The number of nitro benzene ring substituents is 2. The van der Waals surface area contributed by atoms with Crippen LogP contribution in [0.5, 0.6) is 0 Å². The van der Waals surface area contributed by atoms with Gasteiger partial charge in [0.25, 0.3) is 11.4 Å². The summed E-state index contributed by atoms with van der Waals surface area (Å²) < 4.78 is 0. The zero-order valence-electron chi connectivity index (χ0n) is 11.1. The number of rotatable bonds is 5. The molecule has 0 fully saturated rings. The van der Waals surface area contributed by atoms with E-state index in [-0.39, 0.29) is 16.6 Å². The normalized spacial score (nSPS) is 11.9. The molecule has 0 bridgehead atoms. The lowest BCUT2D eigenvalue weighted by Gasteiger charge is -2.11. The molecule has 2 aromatic carbocycles. The van der Waals surface area contributed by atoms with Crippen LogP contribution in [0.1, 0.15) is 17.7 Å². The van der Waals surface area contributed by atoms with Crippen LogP contribution in [0, 0.1) is 20.2 Å². The molecule has 0 saturated heterocycles. The molecular formula is C14H12N2O4S. The third-order valence-corrected chi connectivity index (χ3v) is 4.08. The van der Waals surface area contributed by atoms with Crippen molar-refractivity contribution in [2.75, 3.05) is 0 Å². The van der Waals surface area contributed by atoms with Gasteiger partial charge in [0.15, 0.2) is 0 Å². The third-order valence-electron chi connectivity index (χ3n) is 2.91. The maximum absolute atomic E-state index is 10.8. The summed E-state index contributed by atoms with van der Waals surface area (Å²) in [5, 5.41) is 21.4. The second-order valence-corrected chi connectivity index (χ2v) is 5.78. The van der Waals surface area contributed by atoms with Crippen molar-refractivity contribution in [1.29, 1.82) is 0 Å². The van der Waals surface area contributed by atoms with E-state index in [9.17, 15) is 20.2 Å². The van der Waals surface area contributed by atoms with Crippen molar-refractivity contribution in [3.05, 3.63) is 74.3 Å². The van der Waals surface area contributed by atoms with Crippen LogP contribution in [0.15, 0.2) is 53.4 Å². The molecule has 0 unspecified atom stereocenters. The summed E-state index contributed by atoms with van der Waals surface area (Å²) in [5.74, 6) is 0. The molecule has 0 heterocycles. The molecule has 7 heteroatoms. The van der Waals surface area contributed by atoms with E-state index in [1.54, 1.807) is 24.3 Å². The maximum atomic E-state index is 10.8. The quantitative estimate of drug-likeness (QED) is 0.465. The lowest BCUT2D eigenvalue weighted by atomic mass is 10.1. The highest BCUT2D eigenvalue weighted by Crippen LogP contribution is 2.36. The zero-order chi connectivity index (χ0) is 15.4. The fraction of sp³-hybridized carbons (Fsp3) is 0.143. The molecule has 2 rings (SSSR count). The lowest BCUT2D eigenvalue weighted by molar-refractivity contribution is -0.385. The fourth-order valence-electron chi connectivity index (χ4n) is 1.81. The molecule has 1 atom stereocenters. The number of non-ortho nitro benzene ring substituents is 2. The smallest absolute Gasteiger partial charge is 0.258 e. The van der Waals surface area contributed by atoms with Gasteiger partial charge in [0, 0.05) is 34.4 Å². The average molecular weight is 304 g/mol. The van der Waals surface area contributed by atoms with Crippen LogP contribution < -0.4 is 0 Å². The first kappa shape index (κ1) is 15.0. The van der Waals surface area contributed by atoms with E-state index in [1.807, 2.05) is 13.0 Å². The van der Waals surface area contributed by atoms with Crippen molar-refractivity contribution in [3.63, 3.8) is 0 Å². The largest absolute Gasteiger partial charge is 0.269 e. The van der Waals surface area contributed by atoms with E-state index in [0.29, 0.717) is 0 Å². The predicted molar refractivity (Wildman–Crippen MR) is 80.5 cm³/mol. The number of thioether (sulfide) groups is 1. The van der Waals surface area contributed by atoms with Crippen molar-refractivity contribution < 1.29 is 9.85 Å². The van der Waals surface area contributed by atoms with E-state index in [0.717, 1.165) is 10.5 Å². The van der Waals surface area contributed by atoms with Crippen LogP contribution in [0.25, 0.3) is 0 Å². The summed E-state index contributed by atoms with van der Waals surface area (Å²) in [6.07, 6.45) is 0. The minimum absolute atomic E-state index is 0.00589. The van der Waals surface area contributed by atoms with Crippen molar-refractivity contribution in [1.82, 2.24) is 0 Å². The van der Waals surface area contributed by atoms with Gasteiger partial charge in [0.05, 0.1) is 9.85 Å². The Morgan fingerprint density at radius 2 is 1.57 bits per heavy atom. The Kier molecular flexibility index (Phi) is 4.54. The molecule has 0 aromatic heterocycles. The Morgan fingerprint density at radius 1 is 0.952 bits per heavy atom. The summed E-state index contributed by atoms with van der Waals surface area (Å²) >= 11 is 1.49. The predicted octanol–water partition coefficient (Wildman–Crippen LogP) is 4.36. The van der Waals surface area contributed by atoms with Gasteiger partial charge in [-0.1, -0.05) is 12.1 Å². The molecule has 0 aliphatic carbocycles. The summed E-state index contributed by atoms with van der Waals surface area (Å²) in [6.45, 7) is 1.94. The molecule has 0 spiro atoms. The van der Waals surface area contributed by atoms with Gasteiger partial charge in [-0.05, 0) is 24.6 Å². The lowest BCUT2D eigenvalue weighted by Crippen LogP contribution is -1.93. The molecule has 6 nitrogen and oxygen atoms in total. The first-order valence-electron chi connectivity index (χ1n) is 6.13. The Hall–Kier alpha value is -2.41. The van der Waals surface area contributed by atoms with Crippen molar-refractivity contribution in [2.45, 2.75) is 17.1 Å². The van der Waals surface area contributed by atoms with Gasteiger partial charge >= 0.3 is 0 Å². The van der Waals surface area contributed by atoms with Crippen LogP contribution >= 0.6 is 11.8 Å². The molecule has 0 radical (unpaired) electrons. The number of hydrogen-bond acceptors (Lipinski definition) is 5. The highest BCUT2D eigenvalue weighted by molar-refractivity contribution is 7.99. The highest BCUT2D eigenvalue weighted by atomic mass is 32.2. The second-order valence-electron chi connectivity index (χ2n) is 4.36. The molecule has 0 saturated carbocycles. The van der Waals surface area contributed by atoms with Crippen molar-refractivity contribution in [2.24, 2.45) is 0 Å². The van der Waals surface area contributed by atoms with Gasteiger partial charge in [-0.3, -0.25) is 20.2 Å². The van der Waals surface area contributed by atoms with Crippen LogP contribution in [-0.2, 0) is 0 Å². The summed E-state index contributed by atoms with van der Waals surface area (Å²) in [6, 6.07) is 12.7. The average Bonchev–Trinajstić information content (AvgIpc) is 2.48. The fourth-order valence-corrected chi connectivity index (χ4v) is 2.79. The molecule has 0 amide bonds. The molecule has 108 valence electrons. The van der Waals surface area contributed by atoms with Gasteiger partial charge in [0.1, 0.15) is 0 Å². The Labute approximate surface area is 125 Å². The third kappa shape index (κ3) is 3.79. The topological polar surface area (TPSA) is 86.3 Å². The van der Waals surface area contributed by atoms with Crippen molar-refractivity contribution in [3.8, 4) is 0 Å². The monoisotopic (exact) mass is 304 g/mol. The van der Waals surface area contributed by atoms with E-state index in [1.165, 1.54) is 30.0 Å². The standard InChI is InChI=1S/C14H12N2O4S/c1-10(11-3-2-4-13(9-11)16(19)20)21-14-7-5-12(6-8-14)15(17)18/h2-10H,1H3/t10-/m0/s1. The minimum atomic E-state index is -0.446. The van der Waals surface area contributed by atoms with E-state index in [4.69, 9.17) is 0 Å². The van der Waals surface area contributed by atoms with Crippen LogP contribution in [0.3, 0.4) is 0 Å². The molecule has 0 aliphatic heterocycles. The summed E-state index contributed by atoms with van der Waals surface area (Å²) in [7, 11) is 0. The van der Waals surface area contributed by atoms with E-state index >= 15 is 0 Å². The summed E-state index contributed by atoms with van der Waals surface area (Å²) in [5.41, 5.74) is 0.943. The van der Waals surface area contributed by atoms with Crippen LogP contribution in [0.2, 0.25) is 0 Å². The minimum Gasteiger partial charge on any atom is -0.258 e. The van der Waals surface area contributed by atoms with Gasteiger partial charge < -0.3 is 0 Å². The van der Waals surface area contributed by atoms with E-state index in [2.05, 4.69) is 0 Å². The van der Waals surface area contributed by atoms with E-state index < -0.39 is 9.85 Å². The Balaban J connectivity index is 2.13. The molecule has 21 heavy (non-hydrogen) atoms. The number of nitrogens with zero attached hydrogens (tertiary/aromatic N) is 2. The molecular weight excluding hydrogens is 292 g/mol. The zero-order valence-corrected chi connectivity index (χ0v) is 11.9. The molecule has 2 aromatic rings. The summed E-state index contributed by atoms with van der Waals surface area (Å²) in [4.78, 5) is 21.4. The van der Waals surface area contributed by atoms with Crippen LogP contribution in [0.4, 0.5) is 11.4 Å². The molecule has 0 aliphatic rings. The second kappa shape index (κ2) is 6.36. The first-order valence-corrected chi connectivity index (χ1v) is 7.01. The molecule has 0 N–H and O–H groups in total. The first-order chi connectivity index (χ1) is 9.97. The van der Waals surface area contributed by atoms with Crippen molar-refractivity contribution >= 4 is 23.1 Å². The highest BCUT2D eigenvalue weighted by Gasteiger charge is 2.13. The number of benzene rings is 2. The Morgan fingerprint density at radius 3 is 2.14 bits per heavy atom. The Bertz CT molecular complexity index is 673. The maximum Gasteiger partial charge on any atom is 0.269 e. The van der Waals surface area contributed by atoms with Gasteiger partial charge in [-0.2, -0.15) is 0 Å².